The molecular formula is C38H22N4OS. The molecule has 0 radical (unpaired) electrons. The van der Waals surface area contributed by atoms with Crippen LogP contribution >= 0.6 is 11.3 Å². The molecule has 6 heteroatoms. The molecule has 5 aromatic carbocycles. The molecule has 0 saturated heterocycles. The number of benzene rings is 5. The summed E-state index contributed by atoms with van der Waals surface area (Å²) in [7, 11) is 0. The van der Waals surface area contributed by atoms with Crippen LogP contribution < -0.4 is 0 Å². The minimum atomic E-state index is 0.621. The molecule has 5 nitrogen and oxygen atoms in total. The molecule has 0 saturated carbocycles. The van der Waals surface area contributed by atoms with Crippen molar-refractivity contribution >= 4 is 53.6 Å². The van der Waals surface area contributed by atoms with Gasteiger partial charge in [0.2, 0.25) is 0 Å². The number of rotatable bonds is 4. The standard InChI is InChI=1S/C38H22N4OS/c1-3-11-24(12-4-1)36-40-37(25-13-5-2-6-14-25)42-38(41-36)26-21-19-23(20-22-26)32-31-27-15-7-9-17-29(27)43-34(31)35-33(39-32)28-16-8-10-18-30(28)44-35/h1-22H. The summed E-state index contributed by atoms with van der Waals surface area (Å²) in [5.74, 6) is 1.90. The molecular weight excluding hydrogens is 561 g/mol. The lowest BCUT2D eigenvalue weighted by Crippen LogP contribution is -2.00. The van der Waals surface area contributed by atoms with Gasteiger partial charge < -0.3 is 4.42 Å². The van der Waals surface area contributed by atoms with Crippen LogP contribution in [0.3, 0.4) is 0 Å². The van der Waals surface area contributed by atoms with E-state index in [9.17, 15) is 0 Å². The van der Waals surface area contributed by atoms with Crippen LogP contribution in [0.15, 0.2) is 138 Å². The number of hydrogen-bond donors (Lipinski definition) is 0. The molecule has 44 heavy (non-hydrogen) atoms. The van der Waals surface area contributed by atoms with E-state index >= 15 is 0 Å². The van der Waals surface area contributed by atoms with E-state index in [2.05, 4.69) is 60.7 Å². The SMILES string of the molecule is c1ccc(-c2nc(-c3ccccc3)nc(-c3ccc(-c4nc5c6ccccc6sc5c5oc6ccccc6c45)cc3)n2)cc1. The van der Waals surface area contributed by atoms with Gasteiger partial charge in [0.05, 0.1) is 21.3 Å². The Bertz CT molecular complexity index is 2430. The van der Waals surface area contributed by atoms with Gasteiger partial charge in [0.15, 0.2) is 23.1 Å². The second kappa shape index (κ2) is 9.93. The van der Waals surface area contributed by atoms with Crippen LogP contribution in [0.1, 0.15) is 0 Å². The van der Waals surface area contributed by atoms with Crippen molar-refractivity contribution in [3.8, 4) is 45.4 Å². The van der Waals surface area contributed by atoms with E-state index in [-0.39, 0.29) is 0 Å². The monoisotopic (exact) mass is 582 g/mol. The van der Waals surface area contributed by atoms with Crippen molar-refractivity contribution in [1.82, 2.24) is 19.9 Å². The van der Waals surface area contributed by atoms with Crippen molar-refractivity contribution in [3.63, 3.8) is 0 Å². The lowest BCUT2D eigenvalue weighted by Gasteiger charge is -2.09. The minimum Gasteiger partial charge on any atom is -0.454 e. The van der Waals surface area contributed by atoms with Gasteiger partial charge in [-0.3, -0.25) is 0 Å². The highest BCUT2D eigenvalue weighted by molar-refractivity contribution is 7.26. The Kier molecular flexibility index (Phi) is 5.61. The van der Waals surface area contributed by atoms with E-state index in [1.54, 1.807) is 11.3 Å². The summed E-state index contributed by atoms with van der Waals surface area (Å²) >= 11 is 1.73. The Morgan fingerprint density at radius 2 is 0.977 bits per heavy atom. The predicted molar refractivity (Wildman–Crippen MR) is 180 cm³/mol. The molecule has 0 unspecified atom stereocenters. The molecule has 0 atom stereocenters. The maximum Gasteiger partial charge on any atom is 0.164 e. The highest BCUT2D eigenvalue weighted by atomic mass is 32.1. The number of furan rings is 1. The maximum absolute atomic E-state index is 6.50. The number of para-hydroxylation sites is 1. The molecule has 0 fully saturated rings. The number of fused-ring (bicyclic) bond motifs is 7. The first-order valence-corrected chi connectivity index (χ1v) is 15.2. The predicted octanol–water partition coefficient (Wildman–Crippen LogP) is 10.2. The fourth-order valence-corrected chi connectivity index (χ4v) is 6.96. The van der Waals surface area contributed by atoms with Crippen molar-refractivity contribution in [3.05, 3.63) is 133 Å². The molecule has 4 heterocycles. The van der Waals surface area contributed by atoms with Gasteiger partial charge in [-0.2, -0.15) is 0 Å². The molecule has 9 aromatic rings. The highest BCUT2D eigenvalue weighted by Crippen LogP contribution is 2.44. The van der Waals surface area contributed by atoms with Crippen molar-refractivity contribution in [2.24, 2.45) is 0 Å². The molecule has 0 amide bonds. The maximum atomic E-state index is 6.50. The third-order valence-electron chi connectivity index (χ3n) is 7.95. The molecule has 9 rings (SSSR count). The summed E-state index contributed by atoms with van der Waals surface area (Å²) in [5.41, 5.74) is 7.41. The van der Waals surface area contributed by atoms with Crippen molar-refractivity contribution in [1.29, 1.82) is 0 Å². The summed E-state index contributed by atoms with van der Waals surface area (Å²) < 4.78 is 8.78. The van der Waals surface area contributed by atoms with Crippen LogP contribution in [0.5, 0.6) is 0 Å². The van der Waals surface area contributed by atoms with Gasteiger partial charge in [-0.05, 0) is 12.1 Å². The van der Waals surface area contributed by atoms with Gasteiger partial charge >= 0.3 is 0 Å². The fourth-order valence-electron chi connectivity index (χ4n) is 5.83. The fraction of sp³-hybridized carbons (Fsp3) is 0. The Hall–Kier alpha value is -5.72. The molecule has 0 aliphatic heterocycles. The summed E-state index contributed by atoms with van der Waals surface area (Å²) in [6.07, 6.45) is 0. The van der Waals surface area contributed by atoms with Gasteiger partial charge in [0.25, 0.3) is 0 Å². The molecule has 0 spiro atoms. The smallest absolute Gasteiger partial charge is 0.164 e. The van der Waals surface area contributed by atoms with E-state index in [4.69, 9.17) is 24.4 Å². The lowest BCUT2D eigenvalue weighted by molar-refractivity contribution is 0.673. The number of aromatic nitrogens is 4. The molecule has 0 N–H and O–H groups in total. The first-order valence-electron chi connectivity index (χ1n) is 14.4. The van der Waals surface area contributed by atoms with Gasteiger partial charge in [-0.15, -0.1) is 11.3 Å². The van der Waals surface area contributed by atoms with E-state index in [1.165, 1.54) is 4.70 Å². The van der Waals surface area contributed by atoms with Crippen LogP contribution in [-0.4, -0.2) is 19.9 Å². The van der Waals surface area contributed by atoms with Crippen LogP contribution in [0.4, 0.5) is 0 Å². The number of hydrogen-bond acceptors (Lipinski definition) is 6. The first kappa shape index (κ1) is 24.8. The molecule has 4 aromatic heterocycles. The topological polar surface area (TPSA) is 64.7 Å². The zero-order valence-corrected chi connectivity index (χ0v) is 24.1. The average molecular weight is 583 g/mol. The zero-order valence-electron chi connectivity index (χ0n) is 23.3. The van der Waals surface area contributed by atoms with E-state index in [1.807, 2.05) is 72.8 Å². The van der Waals surface area contributed by atoms with Gasteiger partial charge in [0, 0.05) is 37.7 Å². The van der Waals surface area contributed by atoms with Crippen LogP contribution in [0.25, 0.3) is 87.7 Å². The lowest BCUT2D eigenvalue weighted by atomic mass is 10.0. The second-order valence-corrected chi connectivity index (χ2v) is 11.7. The van der Waals surface area contributed by atoms with Gasteiger partial charge in [-0.1, -0.05) is 121 Å². The van der Waals surface area contributed by atoms with Crippen LogP contribution in [0.2, 0.25) is 0 Å². The normalized spacial score (nSPS) is 11.6. The summed E-state index contributed by atoms with van der Waals surface area (Å²) in [4.78, 5) is 19.9. The molecule has 0 aliphatic carbocycles. The van der Waals surface area contributed by atoms with Crippen LogP contribution in [0, 0.1) is 0 Å². The van der Waals surface area contributed by atoms with Crippen molar-refractivity contribution < 1.29 is 4.42 Å². The zero-order chi connectivity index (χ0) is 29.0. The molecule has 206 valence electrons. The number of pyridine rings is 1. The third kappa shape index (κ3) is 4.00. The average Bonchev–Trinajstić information content (AvgIpc) is 3.68. The highest BCUT2D eigenvalue weighted by Gasteiger charge is 2.21. The quantitative estimate of drug-likeness (QED) is 0.207. The Morgan fingerprint density at radius 1 is 0.455 bits per heavy atom. The number of nitrogens with zero attached hydrogens (tertiary/aromatic N) is 4. The largest absolute Gasteiger partial charge is 0.454 e. The Labute approximate surface area is 256 Å². The van der Waals surface area contributed by atoms with Gasteiger partial charge in [0.1, 0.15) is 5.58 Å². The second-order valence-electron chi connectivity index (χ2n) is 10.7. The van der Waals surface area contributed by atoms with Crippen molar-refractivity contribution in [2.45, 2.75) is 0 Å². The summed E-state index contributed by atoms with van der Waals surface area (Å²) in [5, 5.41) is 3.23. The minimum absolute atomic E-state index is 0.621. The first-order chi connectivity index (χ1) is 21.8. The molecule has 0 aliphatic rings. The Morgan fingerprint density at radius 3 is 1.64 bits per heavy atom. The number of thiophene rings is 1. The Balaban J connectivity index is 1.23. The molecule has 0 bridgehead atoms. The van der Waals surface area contributed by atoms with E-state index < -0.39 is 0 Å². The summed E-state index contributed by atoms with van der Waals surface area (Å²) in [6.45, 7) is 0. The van der Waals surface area contributed by atoms with E-state index in [0.717, 1.165) is 65.5 Å². The summed E-state index contributed by atoms with van der Waals surface area (Å²) in [6, 6.07) is 45.0. The van der Waals surface area contributed by atoms with E-state index in [0.29, 0.717) is 17.5 Å². The third-order valence-corrected chi connectivity index (χ3v) is 9.11. The van der Waals surface area contributed by atoms with Gasteiger partial charge in [-0.25, -0.2) is 19.9 Å². The van der Waals surface area contributed by atoms with Crippen LogP contribution in [-0.2, 0) is 0 Å². The van der Waals surface area contributed by atoms with Crippen molar-refractivity contribution in [2.75, 3.05) is 0 Å².